The van der Waals surface area contributed by atoms with Crippen LogP contribution in [0.15, 0.2) is 17.5 Å². The van der Waals surface area contributed by atoms with Gasteiger partial charge in [0.05, 0.1) is 0 Å². The quantitative estimate of drug-likeness (QED) is 0.692. The summed E-state index contributed by atoms with van der Waals surface area (Å²) in [5.74, 6) is 1.81. The molecular formula is C13H11NO2S2. The van der Waals surface area contributed by atoms with Crippen LogP contribution < -0.4 is 5.73 Å². The molecule has 0 aliphatic rings. The van der Waals surface area contributed by atoms with Crippen LogP contribution >= 0.6 is 22.7 Å². The molecule has 0 aliphatic carbocycles. The fourth-order valence-corrected chi connectivity index (χ4v) is 3.50. The Kier molecular flexibility index (Phi) is 3.70. The van der Waals surface area contributed by atoms with E-state index in [2.05, 4.69) is 5.92 Å². The molecule has 0 radical (unpaired) electrons. The van der Waals surface area contributed by atoms with Gasteiger partial charge in [-0.15, -0.1) is 29.1 Å². The van der Waals surface area contributed by atoms with Crippen LogP contribution in [0.25, 0.3) is 10.4 Å². The smallest absolute Gasteiger partial charge is 0.342 e. The Morgan fingerprint density at radius 2 is 2.39 bits per heavy atom. The van der Waals surface area contributed by atoms with Crippen molar-refractivity contribution in [2.24, 2.45) is 0 Å². The van der Waals surface area contributed by atoms with Gasteiger partial charge in [0, 0.05) is 15.3 Å². The highest BCUT2D eigenvalue weighted by Crippen LogP contribution is 2.40. The third-order valence-electron chi connectivity index (χ3n) is 2.37. The van der Waals surface area contributed by atoms with E-state index < -0.39 is 5.97 Å². The van der Waals surface area contributed by atoms with E-state index in [1.807, 2.05) is 24.4 Å². The van der Waals surface area contributed by atoms with Gasteiger partial charge in [-0.05, 0) is 18.4 Å². The van der Waals surface area contributed by atoms with Gasteiger partial charge in [0.15, 0.2) is 6.61 Å². The van der Waals surface area contributed by atoms with Crippen LogP contribution in [0, 0.1) is 19.3 Å². The number of nitrogens with two attached hydrogens (primary N) is 1. The van der Waals surface area contributed by atoms with Gasteiger partial charge in [-0.1, -0.05) is 12.0 Å². The predicted molar refractivity (Wildman–Crippen MR) is 75.9 cm³/mol. The second-order valence-electron chi connectivity index (χ2n) is 3.53. The summed E-state index contributed by atoms with van der Waals surface area (Å²) >= 11 is 2.95. The first-order valence-electron chi connectivity index (χ1n) is 5.18. The number of hydrogen-bond donors (Lipinski definition) is 1. The molecule has 3 nitrogen and oxygen atoms in total. The molecule has 2 N–H and O–H groups in total. The lowest BCUT2D eigenvalue weighted by atomic mass is 10.1. The van der Waals surface area contributed by atoms with Gasteiger partial charge in [-0.2, -0.15) is 0 Å². The van der Waals surface area contributed by atoms with E-state index in [1.54, 1.807) is 11.3 Å². The third-order valence-corrected chi connectivity index (χ3v) is 4.19. The SMILES string of the molecule is C#CCOC(=O)c1c(N)sc(C)c1-c1cccs1. The highest BCUT2D eigenvalue weighted by atomic mass is 32.1. The zero-order valence-corrected chi connectivity index (χ0v) is 11.4. The van der Waals surface area contributed by atoms with E-state index in [1.165, 1.54) is 11.3 Å². The predicted octanol–water partition coefficient (Wildman–Crippen LogP) is 3.16. The number of hydrogen-bond acceptors (Lipinski definition) is 5. The zero-order valence-electron chi connectivity index (χ0n) is 9.73. The van der Waals surface area contributed by atoms with Gasteiger partial charge < -0.3 is 10.5 Å². The first kappa shape index (κ1) is 12.7. The monoisotopic (exact) mass is 277 g/mol. The molecule has 0 unspecified atom stereocenters. The number of esters is 1. The van der Waals surface area contributed by atoms with Crippen LogP contribution in [0.2, 0.25) is 0 Å². The highest BCUT2D eigenvalue weighted by molar-refractivity contribution is 7.18. The van der Waals surface area contributed by atoms with Gasteiger partial charge in [-0.25, -0.2) is 4.79 Å². The first-order valence-corrected chi connectivity index (χ1v) is 6.88. The number of anilines is 1. The molecule has 2 heterocycles. The summed E-state index contributed by atoms with van der Waals surface area (Å²) in [6, 6.07) is 3.89. The summed E-state index contributed by atoms with van der Waals surface area (Å²) in [7, 11) is 0. The standard InChI is InChI=1S/C13H11NO2S2/c1-3-6-16-13(15)11-10(8(2)18-12(11)14)9-5-4-7-17-9/h1,4-5,7H,6,14H2,2H3. The molecule has 0 aliphatic heterocycles. The van der Waals surface area contributed by atoms with Crippen molar-refractivity contribution in [3.05, 3.63) is 28.0 Å². The van der Waals surface area contributed by atoms with E-state index in [0.29, 0.717) is 10.6 Å². The van der Waals surface area contributed by atoms with Crippen molar-refractivity contribution in [2.75, 3.05) is 12.3 Å². The fraction of sp³-hybridized carbons (Fsp3) is 0.154. The van der Waals surface area contributed by atoms with Crippen LogP contribution in [-0.4, -0.2) is 12.6 Å². The molecule has 92 valence electrons. The Balaban J connectivity index is 2.47. The van der Waals surface area contributed by atoms with Crippen LogP contribution in [-0.2, 0) is 4.74 Å². The van der Waals surface area contributed by atoms with Crippen molar-refractivity contribution in [3.63, 3.8) is 0 Å². The topological polar surface area (TPSA) is 52.3 Å². The van der Waals surface area contributed by atoms with Gasteiger partial charge in [0.2, 0.25) is 0 Å². The van der Waals surface area contributed by atoms with E-state index in [0.717, 1.165) is 15.3 Å². The van der Waals surface area contributed by atoms with Crippen molar-refractivity contribution >= 4 is 33.6 Å². The molecule has 0 saturated heterocycles. The number of ether oxygens (including phenoxy) is 1. The van der Waals surface area contributed by atoms with Crippen LogP contribution in [0.4, 0.5) is 5.00 Å². The highest BCUT2D eigenvalue weighted by Gasteiger charge is 2.23. The Labute approximate surface area is 113 Å². The Hall–Kier alpha value is -1.77. The number of aryl methyl sites for hydroxylation is 1. The Bertz CT molecular complexity index is 606. The number of thiophene rings is 2. The number of nitrogen functional groups attached to an aromatic ring is 1. The maximum Gasteiger partial charge on any atom is 0.342 e. The molecule has 2 aromatic rings. The molecule has 0 fully saturated rings. The van der Waals surface area contributed by atoms with E-state index in [-0.39, 0.29) is 6.61 Å². The lowest BCUT2D eigenvalue weighted by Crippen LogP contribution is -2.07. The number of carbonyl (C=O) groups excluding carboxylic acids is 1. The molecular weight excluding hydrogens is 266 g/mol. The van der Waals surface area contributed by atoms with Crippen LogP contribution in [0.5, 0.6) is 0 Å². The second-order valence-corrected chi connectivity index (χ2v) is 5.73. The molecule has 0 aromatic carbocycles. The Morgan fingerprint density at radius 3 is 3.00 bits per heavy atom. The van der Waals surface area contributed by atoms with Crippen molar-refractivity contribution in [2.45, 2.75) is 6.92 Å². The molecule has 0 atom stereocenters. The molecule has 2 rings (SSSR count). The molecule has 5 heteroatoms. The van der Waals surface area contributed by atoms with Crippen molar-refractivity contribution in [3.8, 4) is 22.8 Å². The average Bonchev–Trinajstić information content (AvgIpc) is 2.93. The van der Waals surface area contributed by atoms with Crippen LogP contribution in [0.1, 0.15) is 15.2 Å². The van der Waals surface area contributed by atoms with Gasteiger partial charge in [-0.3, -0.25) is 0 Å². The third kappa shape index (κ3) is 2.26. The summed E-state index contributed by atoms with van der Waals surface area (Å²) in [4.78, 5) is 14.0. The van der Waals surface area contributed by atoms with E-state index in [4.69, 9.17) is 16.9 Å². The van der Waals surface area contributed by atoms with Crippen molar-refractivity contribution < 1.29 is 9.53 Å². The summed E-state index contributed by atoms with van der Waals surface area (Å²) in [6.45, 7) is 1.89. The average molecular weight is 277 g/mol. The maximum atomic E-state index is 12.0. The molecule has 0 spiro atoms. The van der Waals surface area contributed by atoms with Crippen molar-refractivity contribution in [1.29, 1.82) is 0 Å². The van der Waals surface area contributed by atoms with Gasteiger partial charge in [0.1, 0.15) is 10.6 Å². The zero-order chi connectivity index (χ0) is 13.1. The maximum absolute atomic E-state index is 12.0. The molecule has 18 heavy (non-hydrogen) atoms. The van der Waals surface area contributed by atoms with Crippen LogP contribution in [0.3, 0.4) is 0 Å². The van der Waals surface area contributed by atoms with E-state index >= 15 is 0 Å². The number of rotatable bonds is 3. The fourth-order valence-electron chi connectivity index (χ4n) is 1.67. The lowest BCUT2D eigenvalue weighted by molar-refractivity contribution is 0.0559. The van der Waals surface area contributed by atoms with Gasteiger partial charge >= 0.3 is 5.97 Å². The number of terminal acetylenes is 1. The summed E-state index contributed by atoms with van der Waals surface area (Å²) in [5.41, 5.74) is 7.17. The molecule has 0 saturated carbocycles. The first-order chi connectivity index (χ1) is 8.65. The molecule has 2 aromatic heterocycles. The Morgan fingerprint density at radius 1 is 1.61 bits per heavy atom. The minimum absolute atomic E-state index is 0.0446. The number of carbonyl (C=O) groups is 1. The van der Waals surface area contributed by atoms with Crippen molar-refractivity contribution in [1.82, 2.24) is 0 Å². The summed E-state index contributed by atoms with van der Waals surface area (Å²) < 4.78 is 4.97. The minimum Gasteiger partial charge on any atom is -0.449 e. The van der Waals surface area contributed by atoms with Gasteiger partial charge in [0.25, 0.3) is 0 Å². The molecule has 0 amide bonds. The normalized spacial score (nSPS) is 10.0. The summed E-state index contributed by atoms with van der Waals surface area (Å²) in [5, 5.41) is 2.43. The minimum atomic E-state index is -0.460. The second kappa shape index (κ2) is 5.25. The molecule has 0 bridgehead atoms. The lowest BCUT2D eigenvalue weighted by Gasteiger charge is -2.04. The largest absolute Gasteiger partial charge is 0.449 e. The van der Waals surface area contributed by atoms with E-state index in [9.17, 15) is 4.79 Å². The summed E-state index contributed by atoms with van der Waals surface area (Å²) in [6.07, 6.45) is 5.08.